The molecule has 5 heteroatoms. The van der Waals surface area contributed by atoms with E-state index < -0.39 is 0 Å². The van der Waals surface area contributed by atoms with Crippen LogP contribution in [0.3, 0.4) is 0 Å². The van der Waals surface area contributed by atoms with Gasteiger partial charge in [-0.1, -0.05) is 61.0 Å². The molecule has 0 saturated carbocycles. The van der Waals surface area contributed by atoms with Crippen molar-refractivity contribution >= 4 is 23.4 Å². The van der Waals surface area contributed by atoms with Crippen LogP contribution in [0.15, 0.2) is 54.6 Å². The van der Waals surface area contributed by atoms with Gasteiger partial charge in [-0.2, -0.15) is 0 Å². The van der Waals surface area contributed by atoms with Crippen molar-refractivity contribution in [3.8, 4) is 0 Å². The molecular weight excluding hydrogens is 336 g/mol. The first-order valence-electron chi connectivity index (χ1n) is 8.36. The molecule has 132 valence electrons. The average Bonchev–Trinajstić information content (AvgIpc) is 2.59. The van der Waals surface area contributed by atoms with E-state index in [9.17, 15) is 9.59 Å². The summed E-state index contributed by atoms with van der Waals surface area (Å²) in [6.45, 7) is 3.46. The van der Waals surface area contributed by atoms with E-state index in [1.807, 2.05) is 61.5 Å². The molecule has 2 amide bonds. The maximum Gasteiger partial charge on any atom is 0.222 e. The Morgan fingerprint density at radius 3 is 2.24 bits per heavy atom. The summed E-state index contributed by atoms with van der Waals surface area (Å²) < 4.78 is 0. The monoisotopic (exact) mass is 358 g/mol. The summed E-state index contributed by atoms with van der Waals surface area (Å²) in [6, 6.07) is 16.5. The molecular formula is C20H23ClN2O2. The van der Waals surface area contributed by atoms with Crippen LogP contribution in [0.1, 0.15) is 49.9 Å². The molecule has 2 atom stereocenters. The van der Waals surface area contributed by atoms with Crippen molar-refractivity contribution in [3.63, 3.8) is 0 Å². The van der Waals surface area contributed by atoms with E-state index >= 15 is 0 Å². The van der Waals surface area contributed by atoms with Crippen molar-refractivity contribution in [3.05, 3.63) is 70.7 Å². The summed E-state index contributed by atoms with van der Waals surface area (Å²) in [7, 11) is 0. The molecule has 0 aliphatic heterocycles. The molecule has 25 heavy (non-hydrogen) atoms. The van der Waals surface area contributed by atoms with Gasteiger partial charge in [0, 0.05) is 11.9 Å². The Bertz CT molecular complexity index is 719. The molecule has 2 aromatic rings. The first kappa shape index (κ1) is 19.0. The first-order valence-corrected chi connectivity index (χ1v) is 8.74. The summed E-state index contributed by atoms with van der Waals surface area (Å²) >= 11 is 6.04. The Morgan fingerprint density at radius 2 is 1.64 bits per heavy atom. The van der Waals surface area contributed by atoms with E-state index in [2.05, 4.69) is 10.6 Å². The van der Waals surface area contributed by atoms with Crippen LogP contribution in [0.5, 0.6) is 0 Å². The lowest BCUT2D eigenvalue weighted by molar-refractivity contribution is -0.123. The second-order valence-corrected chi connectivity index (χ2v) is 6.39. The molecule has 2 rings (SSSR count). The quantitative estimate of drug-likeness (QED) is 0.780. The van der Waals surface area contributed by atoms with E-state index in [1.165, 1.54) is 6.92 Å². The Hall–Kier alpha value is -2.33. The maximum absolute atomic E-state index is 12.5. The second-order valence-electron chi connectivity index (χ2n) is 5.95. The molecule has 0 aliphatic carbocycles. The fourth-order valence-corrected chi connectivity index (χ4v) is 2.96. The fraction of sp³-hybridized carbons (Fsp3) is 0.300. The normalized spacial score (nSPS) is 12.9. The topological polar surface area (TPSA) is 58.2 Å². The van der Waals surface area contributed by atoms with Crippen molar-refractivity contribution < 1.29 is 9.59 Å². The third-order valence-electron chi connectivity index (χ3n) is 3.96. The number of carbonyl (C=O) groups excluding carboxylic acids is 2. The summed E-state index contributed by atoms with van der Waals surface area (Å²) in [5.74, 6) is -0.280. The molecule has 2 aromatic carbocycles. The fourth-order valence-electron chi connectivity index (χ4n) is 2.77. The molecule has 0 aromatic heterocycles. The Morgan fingerprint density at radius 1 is 0.960 bits per heavy atom. The smallest absolute Gasteiger partial charge is 0.222 e. The minimum absolute atomic E-state index is 0.111. The maximum atomic E-state index is 12.5. The molecule has 0 aliphatic rings. The Labute approximate surface area is 153 Å². The molecule has 0 fully saturated rings. The molecule has 0 radical (unpaired) electrons. The van der Waals surface area contributed by atoms with Gasteiger partial charge >= 0.3 is 0 Å². The Kier molecular flexibility index (Phi) is 7.02. The number of amides is 2. The molecule has 0 saturated heterocycles. The van der Waals surface area contributed by atoms with Crippen LogP contribution in [-0.4, -0.2) is 11.8 Å². The number of nitrogens with one attached hydrogen (secondary N) is 2. The predicted octanol–water partition coefficient (Wildman–Crippen LogP) is 4.17. The minimum atomic E-state index is -0.351. The van der Waals surface area contributed by atoms with Gasteiger partial charge in [0.05, 0.1) is 18.5 Å². The van der Waals surface area contributed by atoms with Crippen molar-refractivity contribution in [2.45, 2.75) is 38.8 Å². The average molecular weight is 359 g/mol. The number of hydrogen-bond donors (Lipinski definition) is 2. The largest absolute Gasteiger partial charge is 0.349 e. The minimum Gasteiger partial charge on any atom is -0.349 e. The lowest BCUT2D eigenvalue weighted by Gasteiger charge is -2.21. The molecule has 2 N–H and O–H groups in total. The van der Waals surface area contributed by atoms with Gasteiger partial charge in [0.15, 0.2) is 0 Å². The third kappa shape index (κ3) is 5.91. The number of benzene rings is 2. The first-order chi connectivity index (χ1) is 12.0. The number of hydrogen-bond acceptors (Lipinski definition) is 2. The van der Waals surface area contributed by atoms with Gasteiger partial charge in [0.1, 0.15) is 0 Å². The molecule has 4 nitrogen and oxygen atoms in total. The summed E-state index contributed by atoms with van der Waals surface area (Å²) in [5.41, 5.74) is 1.88. The van der Waals surface area contributed by atoms with Crippen LogP contribution in [0, 0.1) is 0 Å². The summed E-state index contributed by atoms with van der Waals surface area (Å²) in [4.78, 5) is 24.0. The van der Waals surface area contributed by atoms with Crippen LogP contribution in [0.25, 0.3) is 0 Å². The zero-order valence-electron chi connectivity index (χ0n) is 14.5. The molecule has 0 bridgehead atoms. The van der Waals surface area contributed by atoms with Gasteiger partial charge in [0.2, 0.25) is 11.8 Å². The van der Waals surface area contributed by atoms with E-state index in [4.69, 9.17) is 11.6 Å². The highest BCUT2D eigenvalue weighted by Crippen LogP contribution is 2.22. The van der Waals surface area contributed by atoms with Gasteiger partial charge in [-0.3, -0.25) is 9.59 Å². The summed E-state index contributed by atoms with van der Waals surface area (Å²) in [5, 5.41) is 6.53. The number of halogens is 1. The predicted molar refractivity (Wildman–Crippen MR) is 100 cm³/mol. The molecule has 0 heterocycles. The highest BCUT2D eigenvalue weighted by atomic mass is 35.5. The Balaban J connectivity index is 2.08. The highest BCUT2D eigenvalue weighted by molar-refractivity contribution is 6.30. The van der Waals surface area contributed by atoms with Gasteiger partial charge in [-0.15, -0.1) is 0 Å². The van der Waals surface area contributed by atoms with Gasteiger partial charge in [-0.05, 0) is 29.7 Å². The summed E-state index contributed by atoms with van der Waals surface area (Å²) in [6.07, 6.45) is 0.933. The number of rotatable bonds is 7. The van der Waals surface area contributed by atoms with Crippen LogP contribution in [0.2, 0.25) is 5.02 Å². The van der Waals surface area contributed by atoms with Crippen LogP contribution in [0.4, 0.5) is 0 Å². The van der Waals surface area contributed by atoms with Crippen LogP contribution in [-0.2, 0) is 9.59 Å². The van der Waals surface area contributed by atoms with Crippen molar-refractivity contribution in [2.75, 3.05) is 0 Å². The van der Waals surface area contributed by atoms with Crippen molar-refractivity contribution in [1.29, 1.82) is 0 Å². The SMILES string of the molecule is CCC(NC(=O)CC(NC(C)=O)c1ccccc1)c1cccc(Cl)c1. The molecule has 0 spiro atoms. The van der Waals surface area contributed by atoms with Crippen LogP contribution >= 0.6 is 11.6 Å². The lowest BCUT2D eigenvalue weighted by atomic mass is 10.0. The second kappa shape index (κ2) is 9.23. The zero-order chi connectivity index (χ0) is 18.2. The lowest BCUT2D eigenvalue weighted by Crippen LogP contribution is -2.34. The van der Waals surface area contributed by atoms with Crippen molar-refractivity contribution in [1.82, 2.24) is 10.6 Å². The van der Waals surface area contributed by atoms with Crippen molar-refractivity contribution in [2.24, 2.45) is 0 Å². The van der Waals surface area contributed by atoms with E-state index in [-0.39, 0.29) is 30.3 Å². The highest BCUT2D eigenvalue weighted by Gasteiger charge is 2.19. The standard InChI is InChI=1S/C20H23ClN2O2/c1-3-18(16-10-7-11-17(21)12-16)23-20(25)13-19(22-14(2)24)15-8-5-4-6-9-15/h4-12,18-19H,3,13H2,1-2H3,(H,22,24)(H,23,25). The van der Waals surface area contributed by atoms with Gasteiger partial charge < -0.3 is 10.6 Å². The van der Waals surface area contributed by atoms with E-state index in [0.29, 0.717) is 5.02 Å². The van der Waals surface area contributed by atoms with Gasteiger partial charge in [0.25, 0.3) is 0 Å². The van der Waals surface area contributed by atoms with E-state index in [1.54, 1.807) is 0 Å². The number of carbonyl (C=O) groups is 2. The zero-order valence-corrected chi connectivity index (χ0v) is 15.2. The van der Waals surface area contributed by atoms with Crippen LogP contribution < -0.4 is 10.6 Å². The molecule has 2 unspecified atom stereocenters. The van der Waals surface area contributed by atoms with Gasteiger partial charge in [-0.25, -0.2) is 0 Å². The third-order valence-corrected chi connectivity index (χ3v) is 4.20. The van der Waals surface area contributed by atoms with E-state index in [0.717, 1.165) is 17.5 Å².